The molecule has 1 atom stereocenters. The monoisotopic (exact) mass is 307 g/mol. The van der Waals surface area contributed by atoms with Gasteiger partial charge in [0.2, 0.25) is 0 Å². The molecule has 1 heterocycles. The summed E-state index contributed by atoms with van der Waals surface area (Å²) in [7, 11) is 0. The van der Waals surface area contributed by atoms with E-state index in [0.29, 0.717) is 10.8 Å². The Bertz CT molecular complexity index is 571. The molecule has 0 aliphatic rings. The van der Waals surface area contributed by atoms with Crippen molar-refractivity contribution in [3.8, 4) is 0 Å². The van der Waals surface area contributed by atoms with Gasteiger partial charge >= 0.3 is 0 Å². The lowest BCUT2D eigenvalue weighted by Gasteiger charge is -2.12. The van der Waals surface area contributed by atoms with Crippen molar-refractivity contribution in [2.24, 2.45) is 5.73 Å². The molecule has 1 nitrogen and oxygen atoms in total. The third kappa shape index (κ3) is 3.01. The van der Waals surface area contributed by atoms with Gasteiger partial charge in [0, 0.05) is 22.9 Å². The van der Waals surface area contributed by atoms with Crippen LogP contribution in [-0.2, 0) is 6.42 Å². The topological polar surface area (TPSA) is 26.0 Å². The summed E-state index contributed by atoms with van der Waals surface area (Å²) in [6.45, 7) is 0. The van der Waals surface area contributed by atoms with Crippen molar-refractivity contribution in [1.82, 2.24) is 0 Å². The molecule has 18 heavy (non-hydrogen) atoms. The fourth-order valence-electron chi connectivity index (χ4n) is 1.61. The molecule has 0 fully saturated rings. The average molecular weight is 308 g/mol. The SMILES string of the molecule is NC(Cc1ccc(Cl)s1)c1cc(F)c(Cl)cc1F. The summed E-state index contributed by atoms with van der Waals surface area (Å²) < 4.78 is 27.6. The maximum Gasteiger partial charge on any atom is 0.142 e. The zero-order valence-corrected chi connectivity index (χ0v) is 11.4. The van der Waals surface area contributed by atoms with Gasteiger partial charge in [-0.05, 0) is 24.3 Å². The van der Waals surface area contributed by atoms with Crippen molar-refractivity contribution in [2.45, 2.75) is 12.5 Å². The van der Waals surface area contributed by atoms with Gasteiger partial charge in [-0.25, -0.2) is 8.78 Å². The summed E-state index contributed by atoms with van der Waals surface area (Å²) in [5, 5.41) is -0.248. The molecule has 0 saturated heterocycles. The Labute approximate surface area is 117 Å². The lowest BCUT2D eigenvalue weighted by atomic mass is 10.0. The molecule has 0 aliphatic carbocycles. The largest absolute Gasteiger partial charge is 0.324 e. The second kappa shape index (κ2) is 5.53. The number of hydrogen-bond donors (Lipinski definition) is 1. The second-order valence-corrected chi connectivity index (χ2v) is 6.01. The number of halogens is 4. The van der Waals surface area contributed by atoms with Crippen molar-refractivity contribution in [3.63, 3.8) is 0 Å². The van der Waals surface area contributed by atoms with Crippen LogP contribution in [-0.4, -0.2) is 0 Å². The van der Waals surface area contributed by atoms with Gasteiger partial charge in [-0.2, -0.15) is 0 Å². The first-order chi connectivity index (χ1) is 8.47. The summed E-state index contributed by atoms with van der Waals surface area (Å²) in [5.74, 6) is -1.27. The van der Waals surface area contributed by atoms with Gasteiger partial charge in [0.1, 0.15) is 11.6 Å². The summed E-state index contributed by atoms with van der Waals surface area (Å²) in [6, 6.07) is 4.90. The van der Waals surface area contributed by atoms with Gasteiger partial charge < -0.3 is 5.73 Å². The summed E-state index contributed by atoms with van der Waals surface area (Å²) in [6.07, 6.45) is 0.398. The number of nitrogens with two attached hydrogens (primary N) is 1. The molecule has 0 radical (unpaired) electrons. The van der Waals surface area contributed by atoms with E-state index in [-0.39, 0.29) is 10.6 Å². The molecule has 2 rings (SSSR count). The Morgan fingerprint density at radius 1 is 1.17 bits per heavy atom. The number of thiophene rings is 1. The van der Waals surface area contributed by atoms with Gasteiger partial charge in [0.25, 0.3) is 0 Å². The van der Waals surface area contributed by atoms with Crippen LogP contribution in [0, 0.1) is 11.6 Å². The summed E-state index contributed by atoms with van der Waals surface area (Å²) in [5.41, 5.74) is 5.98. The highest BCUT2D eigenvalue weighted by Gasteiger charge is 2.16. The number of hydrogen-bond acceptors (Lipinski definition) is 2. The van der Waals surface area contributed by atoms with Crippen LogP contribution in [0.5, 0.6) is 0 Å². The quantitative estimate of drug-likeness (QED) is 0.826. The summed E-state index contributed by atoms with van der Waals surface area (Å²) in [4.78, 5) is 0.919. The lowest BCUT2D eigenvalue weighted by molar-refractivity contribution is 0.562. The number of benzene rings is 1. The van der Waals surface area contributed by atoms with E-state index in [9.17, 15) is 8.78 Å². The Kier molecular flexibility index (Phi) is 4.22. The minimum absolute atomic E-state index is 0.112. The van der Waals surface area contributed by atoms with E-state index in [4.69, 9.17) is 28.9 Å². The Balaban J connectivity index is 2.23. The van der Waals surface area contributed by atoms with Crippen molar-refractivity contribution in [2.75, 3.05) is 0 Å². The zero-order valence-electron chi connectivity index (χ0n) is 9.09. The van der Waals surface area contributed by atoms with Gasteiger partial charge in [0.05, 0.1) is 9.36 Å². The maximum absolute atomic E-state index is 13.6. The van der Waals surface area contributed by atoms with Crippen LogP contribution in [0.2, 0.25) is 9.36 Å². The first-order valence-corrected chi connectivity index (χ1v) is 6.69. The van der Waals surface area contributed by atoms with Crippen LogP contribution in [0.1, 0.15) is 16.5 Å². The molecule has 0 bridgehead atoms. The van der Waals surface area contributed by atoms with Gasteiger partial charge in [0.15, 0.2) is 0 Å². The number of rotatable bonds is 3. The molecule has 96 valence electrons. The molecule has 1 unspecified atom stereocenters. The van der Waals surface area contributed by atoms with Crippen molar-refractivity contribution in [3.05, 3.63) is 55.7 Å². The molecule has 2 aromatic rings. The van der Waals surface area contributed by atoms with E-state index in [2.05, 4.69) is 0 Å². The van der Waals surface area contributed by atoms with Crippen molar-refractivity contribution in [1.29, 1.82) is 0 Å². The van der Waals surface area contributed by atoms with Crippen LogP contribution < -0.4 is 5.73 Å². The predicted octanol–water partition coefficient (Wildman–Crippen LogP) is 4.58. The predicted molar refractivity (Wildman–Crippen MR) is 71.3 cm³/mol. The third-order valence-corrected chi connectivity index (χ3v) is 4.03. The fraction of sp³-hybridized carbons (Fsp3) is 0.167. The minimum atomic E-state index is -0.673. The van der Waals surface area contributed by atoms with E-state index in [1.54, 1.807) is 6.07 Å². The van der Waals surface area contributed by atoms with Crippen molar-refractivity contribution >= 4 is 34.5 Å². The van der Waals surface area contributed by atoms with Crippen LogP contribution in [0.4, 0.5) is 8.78 Å². The molecule has 1 aromatic heterocycles. The highest BCUT2D eigenvalue weighted by atomic mass is 35.5. The molecule has 0 spiro atoms. The molecular formula is C12H9Cl2F2NS. The van der Waals surface area contributed by atoms with Crippen LogP contribution in [0.3, 0.4) is 0 Å². The smallest absolute Gasteiger partial charge is 0.142 e. The van der Waals surface area contributed by atoms with Crippen molar-refractivity contribution < 1.29 is 8.78 Å². The van der Waals surface area contributed by atoms with E-state index in [1.165, 1.54) is 11.3 Å². The molecule has 0 amide bonds. The normalized spacial score (nSPS) is 12.7. The van der Waals surface area contributed by atoms with Gasteiger partial charge in [-0.3, -0.25) is 0 Å². The fourth-order valence-corrected chi connectivity index (χ4v) is 2.91. The van der Waals surface area contributed by atoms with E-state index in [0.717, 1.165) is 17.0 Å². The third-order valence-electron chi connectivity index (χ3n) is 2.49. The first kappa shape index (κ1) is 13.7. The van der Waals surface area contributed by atoms with E-state index < -0.39 is 17.7 Å². The standard InChI is InChI=1S/C12H9Cl2F2NS/c13-8-5-9(15)7(4-10(8)16)11(17)3-6-1-2-12(14)18-6/h1-2,4-5,11H,3,17H2. The molecule has 6 heteroatoms. The van der Waals surface area contributed by atoms with Crippen LogP contribution in [0.25, 0.3) is 0 Å². The zero-order chi connectivity index (χ0) is 13.3. The molecule has 0 saturated carbocycles. The Morgan fingerprint density at radius 3 is 2.50 bits per heavy atom. The lowest BCUT2D eigenvalue weighted by Crippen LogP contribution is -2.15. The Hall–Kier alpha value is -0.680. The highest BCUT2D eigenvalue weighted by Crippen LogP contribution is 2.28. The maximum atomic E-state index is 13.6. The first-order valence-electron chi connectivity index (χ1n) is 5.11. The highest BCUT2D eigenvalue weighted by molar-refractivity contribution is 7.16. The second-order valence-electron chi connectivity index (χ2n) is 3.80. The van der Waals surface area contributed by atoms with E-state index >= 15 is 0 Å². The summed E-state index contributed by atoms with van der Waals surface area (Å²) >= 11 is 12.6. The van der Waals surface area contributed by atoms with Gasteiger partial charge in [-0.1, -0.05) is 23.2 Å². The van der Waals surface area contributed by atoms with Gasteiger partial charge in [-0.15, -0.1) is 11.3 Å². The molecule has 0 aliphatic heterocycles. The molecule has 1 aromatic carbocycles. The molecule has 2 N–H and O–H groups in total. The van der Waals surface area contributed by atoms with Crippen LogP contribution in [0.15, 0.2) is 24.3 Å². The Morgan fingerprint density at radius 2 is 1.89 bits per heavy atom. The van der Waals surface area contributed by atoms with Crippen LogP contribution >= 0.6 is 34.5 Å². The average Bonchev–Trinajstić information content (AvgIpc) is 2.69. The minimum Gasteiger partial charge on any atom is -0.324 e. The van der Waals surface area contributed by atoms with E-state index in [1.807, 2.05) is 6.07 Å². The molecular weight excluding hydrogens is 299 g/mol.